The van der Waals surface area contributed by atoms with Crippen molar-refractivity contribution in [3.8, 4) is 0 Å². The lowest BCUT2D eigenvalue weighted by Gasteiger charge is -2.18. The Hall–Kier alpha value is -4.97. The minimum absolute atomic E-state index is 0.121. The second kappa shape index (κ2) is 57.6. The lowest BCUT2D eigenvalue weighted by atomic mass is 10.1. The fourth-order valence-electron chi connectivity index (χ4n) is 6.85. The SMILES string of the molecule is CC/C=C\C/C=C\C/C=C\C/C=C\C/C=C\C/C=C\C/C=C\CCCC(=O)OCC(COC(=O)CCCCCCC/C=C\CCCC)OC(=O)CCCCC/C=C\C/C=C\C/C=C\C/C=C\C/C=C\CC. The van der Waals surface area contributed by atoms with Crippen molar-refractivity contribution in [2.75, 3.05) is 13.2 Å². The first-order chi connectivity index (χ1) is 35.0. The maximum atomic E-state index is 12.8. The topological polar surface area (TPSA) is 78.9 Å². The van der Waals surface area contributed by atoms with E-state index in [1.165, 1.54) is 25.7 Å². The molecule has 0 aromatic rings. The van der Waals surface area contributed by atoms with Gasteiger partial charge in [-0.1, -0.05) is 217 Å². The van der Waals surface area contributed by atoms with Crippen LogP contribution in [-0.2, 0) is 28.6 Å². The van der Waals surface area contributed by atoms with Gasteiger partial charge in [0, 0.05) is 19.3 Å². The monoisotopic (exact) mass is 977 g/mol. The summed E-state index contributed by atoms with van der Waals surface area (Å²) in [5.74, 6) is -1.04. The number of carbonyl (C=O) groups is 3. The molecule has 396 valence electrons. The van der Waals surface area contributed by atoms with Gasteiger partial charge < -0.3 is 14.2 Å². The molecule has 1 atom stereocenters. The van der Waals surface area contributed by atoms with Crippen LogP contribution in [0.1, 0.15) is 213 Å². The summed E-state index contributed by atoms with van der Waals surface area (Å²) in [6.07, 6.45) is 83.8. The van der Waals surface area contributed by atoms with Crippen LogP contribution in [0.25, 0.3) is 0 Å². The molecule has 0 spiro atoms. The first-order valence-electron chi connectivity index (χ1n) is 28.0. The Bertz CT molecular complexity index is 1640. The van der Waals surface area contributed by atoms with E-state index in [2.05, 4.69) is 179 Å². The molecule has 0 aliphatic rings. The normalized spacial score (nSPS) is 13.3. The molecule has 0 heterocycles. The van der Waals surface area contributed by atoms with Gasteiger partial charge in [0.05, 0.1) is 0 Å². The fraction of sp³-hybridized carbons (Fsp3) is 0.554. The van der Waals surface area contributed by atoms with E-state index < -0.39 is 6.10 Å². The predicted octanol–water partition coefficient (Wildman–Crippen LogP) is 19.0. The third kappa shape index (κ3) is 55.8. The van der Waals surface area contributed by atoms with Gasteiger partial charge in [0.15, 0.2) is 6.10 Å². The molecule has 1 unspecified atom stereocenters. The molecule has 0 amide bonds. The Morgan fingerprint density at radius 2 is 0.563 bits per heavy atom. The lowest BCUT2D eigenvalue weighted by Crippen LogP contribution is -2.30. The minimum Gasteiger partial charge on any atom is -0.462 e. The Morgan fingerprint density at radius 1 is 0.296 bits per heavy atom. The van der Waals surface area contributed by atoms with Crippen LogP contribution in [0, 0.1) is 0 Å². The van der Waals surface area contributed by atoms with E-state index in [1.807, 2.05) is 0 Å². The van der Waals surface area contributed by atoms with Crippen molar-refractivity contribution in [3.63, 3.8) is 0 Å². The van der Waals surface area contributed by atoms with E-state index in [9.17, 15) is 14.4 Å². The summed E-state index contributed by atoms with van der Waals surface area (Å²) in [4.78, 5) is 38.1. The van der Waals surface area contributed by atoms with Crippen LogP contribution in [0.4, 0.5) is 0 Å². The smallest absolute Gasteiger partial charge is 0.306 e. The van der Waals surface area contributed by atoms with Crippen molar-refractivity contribution in [2.24, 2.45) is 0 Å². The second-order valence-corrected chi connectivity index (χ2v) is 17.7. The van der Waals surface area contributed by atoms with Crippen LogP contribution in [-0.4, -0.2) is 37.2 Å². The molecular weight excluding hydrogens is 877 g/mol. The number of ether oxygens (including phenoxy) is 3. The average Bonchev–Trinajstić information content (AvgIpc) is 3.37. The molecule has 0 saturated carbocycles. The summed E-state index contributed by atoms with van der Waals surface area (Å²) in [6, 6.07) is 0. The molecule has 0 aromatic carbocycles. The highest BCUT2D eigenvalue weighted by atomic mass is 16.6. The van der Waals surface area contributed by atoms with Gasteiger partial charge in [0.1, 0.15) is 13.2 Å². The highest BCUT2D eigenvalue weighted by Gasteiger charge is 2.19. The molecule has 6 nitrogen and oxygen atoms in total. The summed E-state index contributed by atoms with van der Waals surface area (Å²) in [7, 11) is 0. The van der Waals surface area contributed by atoms with Crippen LogP contribution in [0.2, 0.25) is 0 Å². The van der Waals surface area contributed by atoms with Crippen LogP contribution in [0.15, 0.2) is 158 Å². The first-order valence-corrected chi connectivity index (χ1v) is 28.0. The highest BCUT2D eigenvalue weighted by Crippen LogP contribution is 2.12. The molecule has 0 saturated heterocycles. The Labute approximate surface area is 435 Å². The summed E-state index contributed by atoms with van der Waals surface area (Å²) in [5.41, 5.74) is 0. The van der Waals surface area contributed by atoms with Gasteiger partial charge in [-0.3, -0.25) is 14.4 Å². The molecule has 6 heteroatoms. The number of hydrogen-bond acceptors (Lipinski definition) is 6. The van der Waals surface area contributed by atoms with E-state index in [0.29, 0.717) is 19.3 Å². The molecule has 0 fully saturated rings. The molecule has 0 aliphatic carbocycles. The van der Waals surface area contributed by atoms with Gasteiger partial charge in [-0.05, 0) is 135 Å². The fourth-order valence-corrected chi connectivity index (χ4v) is 6.85. The zero-order valence-corrected chi connectivity index (χ0v) is 45.2. The highest BCUT2D eigenvalue weighted by molar-refractivity contribution is 5.71. The van der Waals surface area contributed by atoms with Gasteiger partial charge in [0.2, 0.25) is 0 Å². The molecular formula is C65H100O6. The van der Waals surface area contributed by atoms with Gasteiger partial charge in [-0.15, -0.1) is 0 Å². The van der Waals surface area contributed by atoms with Crippen LogP contribution >= 0.6 is 0 Å². The van der Waals surface area contributed by atoms with Crippen LogP contribution < -0.4 is 0 Å². The van der Waals surface area contributed by atoms with E-state index in [0.717, 1.165) is 135 Å². The minimum atomic E-state index is -0.830. The lowest BCUT2D eigenvalue weighted by molar-refractivity contribution is -0.167. The van der Waals surface area contributed by atoms with Crippen molar-refractivity contribution in [3.05, 3.63) is 158 Å². The van der Waals surface area contributed by atoms with Gasteiger partial charge in [0.25, 0.3) is 0 Å². The van der Waals surface area contributed by atoms with E-state index in [-0.39, 0.29) is 44.0 Å². The molecule has 0 aliphatic heterocycles. The van der Waals surface area contributed by atoms with Gasteiger partial charge in [-0.25, -0.2) is 0 Å². The van der Waals surface area contributed by atoms with Gasteiger partial charge >= 0.3 is 17.9 Å². The van der Waals surface area contributed by atoms with E-state index in [4.69, 9.17) is 14.2 Å². The number of unbranched alkanes of at least 4 members (excludes halogenated alkanes) is 11. The number of esters is 3. The van der Waals surface area contributed by atoms with Crippen LogP contribution in [0.3, 0.4) is 0 Å². The number of allylic oxidation sites excluding steroid dienone is 26. The Kier molecular flexibility index (Phi) is 53.6. The van der Waals surface area contributed by atoms with Crippen molar-refractivity contribution < 1.29 is 28.6 Å². The van der Waals surface area contributed by atoms with Gasteiger partial charge in [-0.2, -0.15) is 0 Å². The largest absolute Gasteiger partial charge is 0.462 e. The summed E-state index contributed by atoms with van der Waals surface area (Å²) >= 11 is 0. The van der Waals surface area contributed by atoms with Crippen LogP contribution in [0.5, 0.6) is 0 Å². The molecule has 0 radical (unpaired) electrons. The second-order valence-electron chi connectivity index (χ2n) is 17.7. The van der Waals surface area contributed by atoms with Crippen molar-refractivity contribution >= 4 is 17.9 Å². The molecule has 0 N–H and O–H groups in total. The zero-order valence-electron chi connectivity index (χ0n) is 45.2. The van der Waals surface area contributed by atoms with E-state index >= 15 is 0 Å². The summed E-state index contributed by atoms with van der Waals surface area (Å²) in [5, 5.41) is 0. The quantitative estimate of drug-likeness (QED) is 0.0262. The maximum absolute atomic E-state index is 12.8. The number of hydrogen-bond donors (Lipinski definition) is 0. The summed E-state index contributed by atoms with van der Waals surface area (Å²) in [6.45, 7) is 6.26. The third-order valence-corrected chi connectivity index (χ3v) is 11.0. The first kappa shape index (κ1) is 66.0. The number of carbonyl (C=O) groups excluding carboxylic acids is 3. The van der Waals surface area contributed by atoms with Crippen molar-refractivity contribution in [2.45, 2.75) is 219 Å². The third-order valence-electron chi connectivity index (χ3n) is 11.0. The average molecular weight is 978 g/mol. The standard InChI is InChI=1S/C65H100O6/c1-4-7-10-13-16-19-22-24-26-28-30-31-32-33-35-36-38-40-43-46-49-52-55-58-64(67)70-61-62(60-69-63(66)57-54-51-48-45-42-21-18-15-12-9-6-3)71-65(68)59-56-53-50-47-44-41-39-37-34-29-27-25-23-20-17-14-11-8-5-2/h7-8,10-11,15-20,24-27,30-31,33-35,37-38,40-41,44,46,49,62H,4-6,9,12-14,21-23,28-29,32,36,39,42-43,45,47-48,50-61H2,1-3H3/b10-7-,11-8-,18-15-,19-16-,20-17-,26-24-,27-25-,31-30-,35-33-,37-34-,40-38-,44-41-,49-46-. The zero-order chi connectivity index (χ0) is 51.4. The molecule has 0 aromatic heterocycles. The molecule has 0 bridgehead atoms. The Morgan fingerprint density at radius 3 is 0.944 bits per heavy atom. The Balaban J connectivity index is 4.55. The van der Waals surface area contributed by atoms with E-state index in [1.54, 1.807) is 0 Å². The van der Waals surface area contributed by atoms with Crippen molar-refractivity contribution in [1.82, 2.24) is 0 Å². The predicted molar refractivity (Wildman–Crippen MR) is 306 cm³/mol. The van der Waals surface area contributed by atoms with Crippen molar-refractivity contribution in [1.29, 1.82) is 0 Å². The molecule has 71 heavy (non-hydrogen) atoms. The maximum Gasteiger partial charge on any atom is 0.306 e. The summed E-state index contributed by atoms with van der Waals surface area (Å²) < 4.78 is 16.7. The molecule has 0 rings (SSSR count). The number of rotatable bonds is 48.